The van der Waals surface area contributed by atoms with Crippen molar-refractivity contribution >= 4 is 0 Å². The van der Waals surface area contributed by atoms with Gasteiger partial charge in [-0.05, 0) is 37.1 Å². The Morgan fingerprint density at radius 3 is 2.19 bits per heavy atom. The second-order valence-electron chi connectivity index (χ2n) is 3.63. The molecule has 0 saturated carbocycles. The molecule has 0 spiro atoms. The Morgan fingerprint density at radius 1 is 1.19 bits per heavy atom. The second kappa shape index (κ2) is 5.32. The van der Waals surface area contributed by atoms with Gasteiger partial charge in [-0.1, -0.05) is 12.1 Å². The second-order valence-corrected chi connectivity index (χ2v) is 3.63. The van der Waals surface area contributed by atoms with Crippen LogP contribution in [0.2, 0.25) is 0 Å². The maximum Gasteiger partial charge on any atom is 0.416 e. The molecule has 1 aromatic rings. The third-order valence-corrected chi connectivity index (χ3v) is 2.25. The van der Waals surface area contributed by atoms with Crippen LogP contribution in [-0.4, -0.2) is 17.8 Å². The van der Waals surface area contributed by atoms with Crippen molar-refractivity contribution in [3.8, 4) is 0 Å². The van der Waals surface area contributed by atoms with Crippen LogP contribution in [0, 0.1) is 0 Å². The molecule has 1 unspecified atom stereocenters. The van der Waals surface area contributed by atoms with E-state index >= 15 is 0 Å². The van der Waals surface area contributed by atoms with E-state index in [1.54, 1.807) is 0 Å². The maximum atomic E-state index is 12.2. The van der Waals surface area contributed by atoms with E-state index in [1.807, 2.05) is 0 Å². The summed E-state index contributed by atoms with van der Waals surface area (Å²) in [5.41, 5.74) is 5.25. The Kier molecular flexibility index (Phi) is 4.32. The highest BCUT2D eigenvalue weighted by Crippen LogP contribution is 2.29. The molecule has 1 aromatic carbocycles. The topological polar surface area (TPSA) is 46.2 Å². The summed E-state index contributed by atoms with van der Waals surface area (Å²) >= 11 is 0. The minimum atomic E-state index is -4.31. The zero-order chi connectivity index (χ0) is 12.2. The minimum absolute atomic E-state index is 0.329. The predicted molar refractivity (Wildman–Crippen MR) is 54.8 cm³/mol. The van der Waals surface area contributed by atoms with Crippen molar-refractivity contribution < 1.29 is 18.3 Å². The summed E-state index contributed by atoms with van der Waals surface area (Å²) in [7, 11) is 0. The lowest BCUT2D eigenvalue weighted by molar-refractivity contribution is -0.137. The first-order chi connectivity index (χ1) is 7.43. The van der Waals surface area contributed by atoms with Gasteiger partial charge in [0.15, 0.2) is 0 Å². The number of rotatable bonds is 4. The first kappa shape index (κ1) is 13.0. The SMILES string of the molecule is NCCC(O)Cc1ccc(C(F)(F)F)cc1. The van der Waals surface area contributed by atoms with Gasteiger partial charge in [-0.25, -0.2) is 0 Å². The van der Waals surface area contributed by atoms with E-state index in [9.17, 15) is 18.3 Å². The molecule has 0 aromatic heterocycles. The van der Waals surface area contributed by atoms with E-state index in [0.29, 0.717) is 24.9 Å². The van der Waals surface area contributed by atoms with Gasteiger partial charge in [0.1, 0.15) is 0 Å². The molecule has 0 radical (unpaired) electrons. The molecular weight excluding hydrogens is 219 g/mol. The average Bonchev–Trinajstić information content (AvgIpc) is 2.17. The molecule has 1 atom stereocenters. The smallest absolute Gasteiger partial charge is 0.393 e. The Bertz CT molecular complexity index is 321. The van der Waals surface area contributed by atoms with Gasteiger partial charge in [0.25, 0.3) is 0 Å². The van der Waals surface area contributed by atoms with E-state index < -0.39 is 17.8 Å². The van der Waals surface area contributed by atoms with Crippen molar-refractivity contribution in [2.75, 3.05) is 6.54 Å². The van der Waals surface area contributed by atoms with Crippen LogP contribution < -0.4 is 5.73 Å². The minimum Gasteiger partial charge on any atom is -0.393 e. The lowest BCUT2D eigenvalue weighted by Crippen LogP contribution is -2.16. The molecule has 5 heteroatoms. The quantitative estimate of drug-likeness (QED) is 0.835. The van der Waals surface area contributed by atoms with Crippen molar-refractivity contribution in [3.63, 3.8) is 0 Å². The van der Waals surface area contributed by atoms with Crippen molar-refractivity contribution in [2.24, 2.45) is 5.73 Å². The van der Waals surface area contributed by atoms with Gasteiger partial charge in [-0.2, -0.15) is 13.2 Å². The van der Waals surface area contributed by atoms with Crippen LogP contribution >= 0.6 is 0 Å². The highest BCUT2D eigenvalue weighted by atomic mass is 19.4. The molecule has 2 nitrogen and oxygen atoms in total. The van der Waals surface area contributed by atoms with Crippen LogP contribution in [-0.2, 0) is 12.6 Å². The summed E-state index contributed by atoms with van der Waals surface area (Å²) in [4.78, 5) is 0. The standard InChI is InChI=1S/C11H14F3NO/c12-11(13,14)9-3-1-8(2-4-9)7-10(16)5-6-15/h1-4,10,16H,5-7,15H2. The molecule has 90 valence electrons. The van der Waals surface area contributed by atoms with E-state index in [1.165, 1.54) is 12.1 Å². The molecule has 0 amide bonds. The summed E-state index contributed by atoms with van der Waals surface area (Å²) in [6.07, 6.45) is -4.13. The van der Waals surface area contributed by atoms with E-state index in [-0.39, 0.29) is 0 Å². The molecule has 1 rings (SSSR count). The van der Waals surface area contributed by atoms with Crippen molar-refractivity contribution in [1.82, 2.24) is 0 Å². The number of alkyl halides is 3. The van der Waals surface area contributed by atoms with Crippen LogP contribution in [0.4, 0.5) is 13.2 Å². The Labute approximate surface area is 91.9 Å². The predicted octanol–water partition coefficient (Wildman–Crippen LogP) is 1.96. The highest BCUT2D eigenvalue weighted by Gasteiger charge is 2.29. The summed E-state index contributed by atoms with van der Waals surface area (Å²) < 4.78 is 36.7. The number of hydrogen-bond acceptors (Lipinski definition) is 2. The van der Waals surface area contributed by atoms with Crippen LogP contribution in [0.1, 0.15) is 17.5 Å². The monoisotopic (exact) mass is 233 g/mol. The molecule has 0 aliphatic heterocycles. The van der Waals surface area contributed by atoms with Gasteiger partial charge < -0.3 is 10.8 Å². The maximum absolute atomic E-state index is 12.2. The zero-order valence-corrected chi connectivity index (χ0v) is 8.67. The van der Waals surface area contributed by atoms with Crippen LogP contribution in [0.15, 0.2) is 24.3 Å². The number of nitrogens with two attached hydrogens (primary N) is 1. The molecular formula is C11H14F3NO. The molecule has 0 bridgehead atoms. The fourth-order valence-corrected chi connectivity index (χ4v) is 1.40. The van der Waals surface area contributed by atoms with Crippen molar-refractivity contribution in [2.45, 2.75) is 25.1 Å². The Hall–Kier alpha value is -1.07. The van der Waals surface area contributed by atoms with Crippen LogP contribution in [0.5, 0.6) is 0 Å². The van der Waals surface area contributed by atoms with E-state index in [2.05, 4.69) is 0 Å². The molecule has 16 heavy (non-hydrogen) atoms. The largest absolute Gasteiger partial charge is 0.416 e. The van der Waals surface area contributed by atoms with E-state index in [0.717, 1.165) is 12.1 Å². The summed E-state index contributed by atoms with van der Waals surface area (Å²) in [6, 6.07) is 4.79. The van der Waals surface area contributed by atoms with Gasteiger partial charge in [-0.15, -0.1) is 0 Å². The lowest BCUT2D eigenvalue weighted by atomic mass is 10.0. The van der Waals surface area contributed by atoms with Gasteiger partial charge in [0.2, 0.25) is 0 Å². The molecule has 3 N–H and O–H groups in total. The lowest BCUT2D eigenvalue weighted by Gasteiger charge is -2.10. The average molecular weight is 233 g/mol. The Balaban J connectivity index is 2.65. The number of halogens is 3. The van der Waals surface area contributed by atoms with Crippen molar-refractivity contribution in [3.05, 3.63) is 35.4 Å². The molecule has 0 heterocycles. The fourth-order valence-electron chi connectivity index (χ4n) is 1.40. The number of benzene rings is 1. The third-order valence-electron chi connectivity index (χ3n) is 2.25. The van der Waals surface area contributed by atoms with Gasteiger partial charge in [0, 0.05) is 0 Å². The number of hydrogen-bond donors (Lipinski definition) is 2. The van der Waals surface area contributed by atoms with Crippen molar-refractivity contribution in [1.29, 1.82) is 0 Å². The first-order valence-electron chi connectivity index (χ1n) is 4.97. The number of aliphatic hydroxyl groups is 1. The zero-order valence-electron chi connectivity index (χ0n) is 8.67. The van der Waals surface area contributed by atoms with Gasteiger partial charge >= 0.3 is 6.18 Å². The first-order valence-corrected chi connectivity index (χ1v) is 4.97. The van der Waals surface area contributed by atoms with E-state index in [4.69, 9.17) is 5.73 Å². The molecule has 0 aliphatic rings. The molecule has 0 saturated heterocycles. The third kappa shape index (κ3) is 3.83. The van der Waals surface area contributed by atoms with Gasteiger partial charge in [-0.3, -0.25) is 0 Å². The fraction of sp³-hybridized carbons (Fsp3) is 0.455. The highest BCUT2D eigenvalue weighted by molar-refractivity contribution is 5.25. The summed E-state index contributed by atoms with van der Waals surface area (Å²) in [5, 5.41) is 9.43. The summed E-state index contributed by atoms with van der Waals surface area (Å²) in [6.45, 7) is 0.363. The Morgan fingerprint density at radius 2 is 1.75 bits per heavy atom. The van der Waals surface area contributed by atoms with Crippen LogP contribution in [0.25, 0.3) is 0 Å². The van der Waals surface area contributed by atoms with Crippen LogP contribution in [0.3, 0.4) is 0 Å². The molecule has 0 fully saturated rings. The normalized spacial score (nSPS) is 13.8. The summed E-state index contributed by atoms with van der Waals surface area (Å²) in [5.74, 6) is 0. The van der Waals surface area contributed by atoms with Gasteiger partial charge in [0.05, 0.1) is 11.7 Å². The molecule has 0 aliphatic carbocycles. The number of aliphatic hydroxyl groups excluding tert-OH is 1.